The van der Waals surface area contributed by atoms with Crippen molar-refractivity contribution in [3.8, 4) is 11.5 Å². The van der Waals surface area contributed by atoms with E-state index in [4.69, 9.17) is 9.47 Å². The molecule has 0 aromatic heterocycles. The molecule has 0 aliphatic heterocycles. The number of rotatable bonds is 7. The first-order chi connectivity index (χ1) is 10.2. The number of methoxy groups -OCH3 is 1. The monoisotopic (exact) mass is 285 g/mol. The van der Waals surface area contributed by atoms with Crippen LogP contribution in [0.1, 0.15) is 17.3 Å². The number of ketones is 1. The van der Waals surface area contributed by atoms with Gasteiger partial charge in [0.25, 0.3) is 0 Å². The summed E-state index contributed by atoms with van der Waals surface area (Å²) in [5.41, 5.74) is 1.62. The average Bonchev–Trinajstić information content (AvgIpc) is 2.52. The molecule has 0 atom stereocenters. The lowest BCUT2D eigenvalue weighted by atomic mass is 10.1. The van der Waals surface area contributed by atoms with E-state index in [1.165, 1.54) is 0 Å². The minimum Gasteiger partial charge on any atom is -0.497 e. The summed E-state index contributed by atoms with van der Waals surface area (Å²) in [6.45, 7) is 2.76. The van der Waals surface area contributed by atoms with Crippen molar-refractivity contribution in [2.75, 3.05) is 25.6 Å². The molecule has 2 aromatic carbocycles. The summed E-state index contributed by atoms with van der Waals surface area (Å²) in [6.07, 6.45) is 0. The number of Topliss-reactive ketones (excluding diaryl/α,β-unsaturated/α-hetero) is 1. The summed E-state index contributed by atoms with van der Waals surface area (Å²) >= 11 is 0. The van der Waals surface area contributed by atoms with Gasteiger partial charge in [-0.15, -0.1) is 0 Å². The average molecular weight is 285 g/mol. The van der Waals surface area contributed by atoms with Gasteiger partial charge in [0.2, 0.25) is 0 Å². The highest BCUT2D eigenvalue weighted by Gasteiger charge is 2.00. The first kappa shape index (κ1) is 14.9. The normalized spacial score (nSPS) is 10.0. The Hall–Kier alpha value is -2.49. The number of anilines is 1. The van der Waals surface area contributed by atoms with E-state index in [0.29, 0.717) is 18.7 Å². The molecule has 0 fully saturated rings. The third kappa shape index (κ3) is 4.53. The summed E-state index contributed by atoms with van der Waals surface area (Å²) in [5.74, 6) is 1.67. The molecule has 0 saturated carbocycles. The summed E-state index contributed by atoms with van der Waals surface area (Å²) in [4.78, 5) is 11.3. The summed E-state index contributed by atoms with van der Waals surface area (Å²) in [6, 6.07) is 14.9. The van der Waals surface area contributed by atoms with Gasteiger partial charge in [-0.05, 0) is 43.3 Å². The number of hydrogen-bond donors (Lipinski definition) is 1. The van der Waals surface area contributed by atoms with Crippen LogP contribution < -0.4 is 14.8 Å². The first-order valence-electron chi connectivity index (χ1n) is 6.81. The molecular weight excluding hydrogens is 266 g/mol. The highest BCUT2D eigenvalue weighted by molar-refractivity contribution is 5.94. The minimum atomic E-state index is 0.0631. The molecule has 0 unspecified atom stereocenters. The predicted octanol–water partition coefficient (Wildman–Crippen LogP) is 3.39. The second-order valence-corrected chi connectivity index (χ2v) is 4.59. The topological polar surface area (TPSA) is 47.6 Å². The molecule has 0 saturated heterocycles. The molecule has 0 aliphatic carbocycles. The third-order valence-corrected chi connectivity index (χ3v) is 3.03. The van der Waals surface area contributed by atoms with Crippen LogP contribution in [0.4, 0.5) is 5.69 Å². The van der Waals surface area contributed by atoms with Gasteiger partial charge in [-0.1, -0.05) is 12.1 Å². The molecule has 0 heterocycles. The Morgan fingerprint density at radius 1 is 1.10 bits per heavy atom. The van der Waals surface area contributed by atoms with Gasteiger partial charge in [-0.3, -0.25) is 4.79 Å². The molecular formula is C17H19NO3. The van der Waals surface area contributed by atoms with Crippen molar-refractivity contribution >= 4 is 11.5 Å². The zero-order valence-electron chi connectivity index (χ0n) is 12.3. The molecule has 0 aliphatic rings. The number of nitrogens with one attached hydrogen (secondary N) is 1. The maximum Gasteiger partial charge on any atom is 0.159 e. The first-order valence-corrected chi connectivity index (χ1v) is 6.81. The van der Waals surface area contributed by atoms with Gasteiger partial charge >= 0.3 is 0 Å². The van der Waals surface area contributed by atoms with Crippen molar-refractivity contribution in [3.05, 3.63) is 54.1 Å². The van der Waals surface area contributed by atoms with Gasteiger partial charge in [-0.2, -0.15) is 0 Å². The number of hydrogen-bond acceptors (Lipinski definition) is 4. The summed E-state index contributed by atoms with van der Waals surface area (Å²) in [7, 11) is 1.63. The predicted molar refractivity (Wildman–Crippen MR) is 83.4 cm³/mol. The van der Waals surface area contributed by atoms with E-state index in [1.54, 1.807) is 20.1 Å². The van der Waals surface area contributed by atoms with Crippen molar-refractivity contribution in [3.63, 3.8) is 0 Å². The van der Waals surface area contributed by atoms with Crippen molar-refractivity contribution in [1.29, 1.82) is 0 Å². The lowest BCUT2D eigenvalue weighted by Gasteiger charge is -2.09. The molecule has 0 radical (unpaired) electrons. The quantitative estimate of drug-likeness (QED) is 0.626. The SMILES string of the molecule is COc1ccc(OCCNc2cccc(C(C)=O)c2)cc1. The molecule has 0 bridgehead atoms. The van der Waals surface area contributed by atoms with Crippen molar-refractivity contribution in [2.24, 2.45) is 0 Å². The second kappa shape index (κ2) is 7.33. The van der Waals surface area contributed by atoms with Crippen molar-refractivity contribution < 1.29 is 14.3 Å². The van der Waals surface area contributed by atoms with Crippen LogP contribution in [-0.2, 0) is 0 Å². The van der Waals surface area contributed by atoms with Crippen LogP contribution in [0.15, 0.2) is 48.5 Å². The fourth-order valence-corrected chi connectivity index (χ4v) is 1.88. The van der Waals surface area contributed by atoms with Crippen LogP contribution in [0.25, 0.3) is 0 Å². The highest BCUT2D eigenvalue weighted by Crippen LogP contribution is 2.17. The van der Waals surface area contributed by atoms with Gasteiger partial charge in [0, 0.05) is 17.8 Å². The number of benzene rings is 2. The van der Waals surface area contributed by atoms with Gasteiger partial charge in [0.15, 0.2) is 5.78 Å². The van der Waals surface area contributed by atoms with Gasteiger partial charge in [0.05, 0.1) is 7.11 Å². The molecule has 21 heavy (non-hydrogen) atoms. The van der Waals surface area contributed by atoms with E-state index in [-0.39, 0.29) is 5.78 Å². The van der Waals surface area contributed by atoms with Gasteiger partial charge in [-0.25, -0.2) is 0 Å². The largest absolute Gasteiger partial charge is 0.497 e. The Kier molecular flexibility index (Phi) is 5.21. The standard InChI is InChI=1S/C17H19NO3/c1-13(19)14-4-3-5-15(12-14)18-10-11-21-17-8-6-16(20-2)7-9-17/h3-9,12,18H,10-11H2,1-2H3. The van der Waals surface area contributed by atoms with Crippen molar-refractivity contribution in [1.82, 2.24) is 0 Å². The Balaban J connectivity index is 1.78. The molecule has 4 nitrogen and oxygen atoms in total. The summed E-state index contributed by atoms with van der Waals surface area (Å²) < 4.78 is 10.7. The lowest BCUT2D eigenvalue weighted by Crippen LogP contribution is -2.11. The van der Waals surface area contributed by atoms with Crippen LogP contribution >= 0.6 is 0 Å². The molecule has 110 valence electrons. The zero-order valence-corrected chi connectivity index (χ0v) is 12.3. The van der Waals surface area contributed by atoms with E-state index in [2.05, 4.69) is 5.32 Å². The Labute approximate surface area is 124 Å². The van der Waals surface area contributed by atoms with E-state index in [1.807, 2.05) is 42.5 Å². The fraction of sp³-hybridized carbons (Fsp3) is 0.235. The zero-order chi connectivity index (χ0) is 15.1. The van der Waals surface area contributed by atoms with Crippen LogP contribution in [0.5, 0.6) is 11.5 Å². The Morgan fingerprint density at radius 3 is 2.48 bits per heavy atom. The number of carbonyl (C=O) groups is 1. The molecule has 2 rings (SSSR count). The van der Waals surface area contributed by atoms with Crippen LogP contribution in [0, 0.1) is 0 Å². The van der Waals surface area contributed by atoms with E-state index >= 15 is 0 Å². The van der Waals surface area contributed by atoms with E-state index < -0.39 is 0 Å². The maximum absolute atomic E-state index is 11.3. The molecule has 0 spiro atoms. The van der Waals surface area contributed by atoms with Gasteiger partial charge < -0.3 is 14.8 Å². The smallest absolute Gasteiger partial charge is 0.159 e. The Morgan fingerprint density at radius 2 is 1.81 bits per heavy atom. The Bertz CT molecular complexity index is 593. The second-order valence-electron chi connectivity index (χ2n) is 4.59. The maximum atomic E-state index is 11.3. The van der Waals surface area contributed by atoms with Crippen LogP contribution in [0.2, 0.25) is 0 Å². The van der Waals surface area contributed by atoms with Crippen LogP contribution in [-0.4, -0.2) is 26.0 Å². The van der Waals surface area contributed by atoms with Gasteiger partial charge in [0.1, 0.15) is 18.1 Å². The van der Waals surface area contributed by atoms with Crippen LogP contribution in [0.3, 0.4) is 0 Å². The third-order valence-electron chi connectivity index (χ3n) is 3.03. The minimum absolute atomic E-state index is 0.0631. The van der Waals surface area contributed by atoms with E-state index in [9.17, 15) is 4.79 Å². The number of carbonyl (C=O) groups excluding carboxylic acids is 1. The van der Waals surface area contributed by atoms with E-state index in [0.717, 1.165) is 17.2 Å². The fourth-order valence-electron chi connectivity index (χ4n) is 1.88. The molecule has 2 aromatic rings. The lowest BCUT2D eigenvalue weighted by molar-refractivity contribution is 0.101. The molecule has 4 heteroatoms. The molecule has 0 amide bonds. The molecule has 1 N–H and O–H groups in total. The summed E-state index contributed by atoms with van der Waals surface area (Å²) in [5, 5.41) is 3.23. The number of ether oxygens (including phenoxy) is 2. The van der Waals surface area contributed by atoms with Crippen molar-refractivity contribution in [2.45, 2.75) is 6.92 Å². The highest BCUT2D eigenvalue weighted by atomic mass is 16.5.